The van der Waals surface area contributed by atoms with Gasteiger partial charge in [0.05, 0.1) is 20.3 Å². The van der Waals surface area contributed by atoms with Crippen molar-refractivity contribution in [2.24, 2.45) is 5.10 Å². The van der Waals surface area contributed by atoms with Crippen molar-refractivity contribution in [3.63, 3.8) is 0 Å². The summed E-state index contributed by atoms with van der Waals surface area (Å²) in [5.74, 6) is -1.46. The summed E-state index contributed by atoms with van der Waals surface area (Å²) in [6.07, 6.45) is -0.490. The lowest BCUT2D eigenvalue weighted by Crippen LogP contribution is -2.27. The topological polar surface area (TPSA) is 103 Å². The second kappa shape index (κ2) is 9.98. The van der Waals surface area contributed by atoms with Crippen molar-refractivity contribution in [2.75, 3.05) is 20.3 Å². The van der Waals surface area contributed by atoms with Crippen LogP contribution in [0.25, 0.3) is 0 Å². The van der Waals surface area contributed by atoms with Gasteiger partial charge in [-0.3, -0.25) is 9.59 Å². The van der Waals surface area contributed by atoms with Gasteiger partial charge in [0, 0.05) is 5.56 Å². The molecule has 1 aromatic rings. The van der Waals surface area contributed by atoms with Crippen LogP contribution >= 0.6 is 0 Å². The highest BCUT2D eigenvalue weighted by atomic mass is 16.5. The molecule has 0 unspecified atom stereocenters. The van der Waals surface area contributed by atoms with Gasteiger partial charge in [0.1, 0.15) is 12.2 Å². The van der Waals surface area contributed by atoms with Gasteiger partial charge in [0.15, 0.2) is 5.71 Å². The van der Waals surface area contributed by atoms with Crippen molar-refractivity contribution in [3.8, 4) is 5.75 Å². The maximum absolute atomic E-state index is 12.0. The molecule has 1 amide bonds. The second-order valence-corrected chi connectivity index (χ2v) is 4.43. The summed E-state index contributed by atoms with van der Waals surface area (Å²) in [6.45, 7) is 3.62. The van der Waals surface area contributed by atoms with Crippen LogP contribution in [0.15, 0.2) is 29.4 Å². The number of esters is 2. The Morgan fingerprint density at radius 3 is 2.21 bits per heavy atom. The molecule has 0 fully saturated rings. The molecule has 1 aromatic carbocycles. The Morgan fingerprint density at radius 1 is 1.04 bits per heavy atom. The van der Waals surface area contributed by atoms with E-state index < -0.39 is 24.3 Å². The second-order valence-electron chi connectivity index (χ2n) is 4.43. The molecule has 0 saturated heterocycles. The van der Waals surface area contributed by atoms with E-state index in [1.165, 1.54) is 7.11 Å². The lowest BCUT2D eigenvalue weighted by Gasteiger charge is -2.08. The predicted octanol–water partition coefficient (Wildman–Crippen LogP) is 1.03. The van der Waals surface area contributed by atoms with Crippen molar-refractivity contribution in [3.05, 3.63) is 29.8 Å². The molecule has 1 rings (SSSR count). The van der Waals surface area contributed by atoms with Gasteiger partial charge in [-0.05, 0) is 38.1 Å². The highest BCUT2D eigenvalue weighted by Crippen LogP contribution is 2.12. The molecular weight excluding hydrogens is 316 g/mol. The number of methoxy groups -OCH3 is 1. The fraction of sp³-hybridized carbons (Fsp3) is 0.375. The molecule has 130 valence electrons. The molecule has 0 radical (unpaired) electrons. The SMILES string of the molecule is CCOC(=O)CC(=O)NN=C(C(=O)OCC)c1ccc(OC)cc1. The molecule has 0 aliphatic rings. The number of carbonyl (C=O) groups is 3. The van der Waals surface area contributed by atoms with Gasteiger partial charge in [-0.15, -0.1) is 0 Å². The van der Waals surface area contributed by atoms with Gasteiger partial charge in [0.25, 0.3) is 5.91 Å². The molecule has 0 aliphatic heterocycles. The van der Waals surface area contributed by atoms with Gasteiger partial charge >= 0.3 is 11.9 Å². The third-order valence-corrected chi connectivity index (χ3v) is 2.73. The van der Waals surface area contributed by atoms with E-state index in [1.807, 2.05) is 0 Å². The molecule has 0 heterocycles. The highest BCUT2D eigenvalue weighted by molar-refractivity contribution is 6.43. The number of carbonyl (C=O) groups excluding carboxylic acids is 3. The van der Waals surface area contributed by atoms with E-state index in [2.05, 4.69) is 15.3 Å². The standard InChI is InChI=1S/C16H20N2O6/c1-4-23-14(20)10-13(19)17-18-15(16(21)24-5-2)11-6-8-12(22-3)9-7-11/h6-9H,4-5,10H2,1-3H3,(H,17,19). The number of nitrogens with one attached hydrogen (secondary N) is 1. The van der Waals surface area contributed by atoms with Crippen LogP contribution in [0.2, 0.25) is 0 Å². The maximum Gasteiger partial charge on any atom is 0.359 e. The van der Waals surface area contributed by atoms with Gasteiger partial charge < -0.3 is 14.2 Å². The van der Waals surface area contributed by atoms with Gasteiger partial charge in [-0.25, -0.2) is 10.2 Å². The van der Waals surface area contributed by atoms with E-state index >= 15 is 0 Å². The number of hydrogen-bond donors (Lipinski definition) is 1. The normalized spacial score (nSPS) is 10.7. The molecule has 1 N–H and O–H groups in total. The zero-order chi connectivity index (χ0) is 17.9. The Labute approximate surface area is 139 Å². The summed E-state index contributed by atoms with van der Waals surface area (Å²) in [5.41, 5.74) is 2.50. The van der Waals surface area contributed by atoms with Gasteiger partial charge in [-0.1, -0.05) is 0 Å². The van der Waals surface area contributed by atoms with Crippen LogP contribution in [0.3, 0.4) is 0 Å². The van der Waals surface area contributed by atoms with Crippen molar-refractivity contribution in [1.82, 2.24) is 5.43 Å². The number of benzene rings is 1. The largest absolute Gasteiger partial charge is 0.497 e. The van der Waals surface area contributed by atoms with Gasteiger partial charge in [0.2, 0.25) is 0 Å². The van der Waals surface area contributed by atoms with Crippen LogP contribution in [0.5, 0.6) is 5.75 Å². The van der Waals surface area contributed by atoms with Crippen LogP contribution in [-0.2, 0) is 23.9 Å². The summed E-state index contributed by atoms with van der Waals surface area (Å²) >= 11 is 0. The lowest BCUT2D eigenvalue weighted by molar-refractivity contribution is -0.146. The fourth-order valence-electron chi connectivity index (χ4n) is 1.68. The van der Waals surface area contributed by atoms with Crippen molar-refractivity contribution in [2.45, 2.75) is 20.3 Å². The van der Waals surface area contributed by atoms with E-state index in [0.717, 1.165) is 0 Å². The predicted molar refractivity (Wildman–Crippen MR) is 85.6 cm³/mol. The number of nitrogens with zero attached hydrogens (tertiary/aromatic N) is 1. The minimum absolute atomic E-state index is 0.0864. The maximum atomic E-state index is 12.0. The minimum Gasteiger partial charge on any atom is -0.497 e. The molecule has 0 aromatic heterocycles. The quantitative estimate of drug-likeness (QED) is 0.329. The summed E-state index contributed by atoms with van der Waals surface area (Å²) in [5, 5.41) is 3.78. The van der Waals surface area contributed by atoms with Crippen LogP contribution < -0.4 is 10.2 Å². The number of rotatable bonds is 8. The van der Waals surface area contributed by atoms with Crippen LogP contribution in [-0.4, -0.2) is 43.9 Å². The molecule has 0 atom stereocenters. The number of hydrogen-bond acceptors (Lipinski definition) is 7. The molecule has 8 heteroatoms. The summed E-state index contributed by atoms with van der Waals surface area (Å²) in [7, 11) is 1.52. The lowest BCUT2D eigenvalue weighted by atomic mass is 10.1. The molecule has 8 nitrogen and oxygen atoms in total. The Balaban J connectivity index is 2.90. The van der Waals surface area contributed by atoms with Crippen molar-refractivity contribution >= 4 is 23.6 Å². The van der Waals surface area contributed by atoms with Gasteiger partial charge in [-0.2, -0.15) is 5.10 Å². The van der Waals surface area contributed by atoms with E-state index in [0.29, 0.717) is 11.3 Å². The third kappa shape index (κ3) is 6.07. The average Bonchev–Trinajstić information content (AvgIpc) is 2.56. The Morgan fingerprint density at radius 2 is 1.67 bits per heavy atom. The number of ether oxygens (including phenoxy) is 3. The Hall–Kier alpha value is -2.90. The zero-order valence-electron chi connectivity index (χ0n) is 13.8. The minimum atomic E-state index is -0.695. The van der Waals surface area contributed by atoms with E-state index in [9.17, 15) is 14.4 Å². The Bertz CT molecular complexity index is 609. The molecule has 24 heavy (non-hydrogen) atoms. The summed E-state index contributed by atoms with van der Waals surface area (Å²) in [6, 6.07) is 6.49. The number of hydrazone groups is 1. The smallest absolute Gasteiger partial charge is 0.359 e. The summed E-state index contributed by atoms with van der Waals surface area (Å²) < 4.78 is 14.6. The molecular formula is C16H20N2O6. The zero-order valence-corrected chi connectivity index (χ0v) is 13.8. The summed E-state index contributed by atoms with van der Waals surface area (Å²) in [4.78, 5) is 34.9. The third-order valence-electron chi connectivity index (χ3n) is 2.73. The van der Waals surface area contributed by atoms with E-state index in [4.69, 9.17) is 9.47 Å². The van der Waals surface area contributed by atoms with Crippen LogP contribution in [0.1, 0.15) is 25.8 Å². The average molecular weight is 336 g/mol. The first kappa shape index (κ1) is 19.1. The van der Waals surface area contributed by atoms with Crippen LogP contribution in [0, 0.1) is 0 Å². The van der Waals surface area contributed by atoms with Crippen molar-refractivity contribution < 1.29 is 28.6 Å². The number of amides is 1. The first-order valence-electron chi connectivity index (χ1n) is 7.35. The van der Waals surface area contributed by atoms with Crippen LogP contribution in [0.4, 0.5) is 0 Å². The first-order chi connectivity index (χ1) is 11.5. The van der Waals surface area contributed by atoms with E-state index in [-0.39, 0.29) is 18.9 Å². The van der Waals surface area contributed by atoms with E-state index in [1.54, 1.807) is 38.1 Å². The Kier molecular flexibility index (Phi) is 7.97. The molecule has 0 aliphatic carbocycles. The fourth-order valence-corrected chi connectivity index (χ4v) is 1.68. The first-order valence-corrected chi connectivity index (χ1v) is 7.35. The molecule has 0 spiro atoms. The highest BCUT2D eigenvalue weighted by Gasteiger charge is 2.17. The monoisotopic (exact) mass is 336 g/mol. The van der Waals surface area contributed by atoms with Crippen molar-refractivity contribution in [1.29, 1.82) is 0 Å². The molecule has 0 bridgehead atoms. The molecule has 0 saturated carbocycles.